The second-order valence-corrected chi connectivity index (χ2v) is 6.51. The number of aromatic nitrogens is 3. The van der Waals surface area contributed by atoms with Crippen LogP contribution in [0, 0.1) is 4.77 Å². The largest absolute Gasteiger partial charge is 0.497 e. The van der Waals surface area contributed by atoms with Gasteiger partial charge in [0.05, 0.1) is 13.3 Å². The highest BCUT2D eigenvalue weighted by molar-refractivity contribution is 7.71. The van der Waals surface area contributed by atoms with Crippen molar-refractivity contribution in [3.8, 4) is 28.3 Å². The fraction of sp³-hybridized carbons (Fsp3) is 0.0455. The number of nitrogens with zero attached hydrogens (tertiary/aromatic N) is 3. The van der Waals surface area contributed by atoms with Gasteiger partial charge >= 0.3 is 0 Å². The van der Waals surface area contributed by atoms with Crippen molar-refractivity contribution in [2.45, 2.75) is 0 Å². The van der Waals surface area contributed by atoms with E-state index in [4.69, 9.17) is 17.0 Å². The highest BCUT2D eigenvalue weighted by atomic mass is 32.1. The van der Waals surface area contributed by atoms with E-state index in [9.17, 15) is 0 Å². The first-order valence-electron chi connectivity index (χ1n) is 8.76. The second-order valence-electron chi connectivity index (χ2n) is 6.13. The maximum absolute atomic E-state index is 5.33. The molecule has 1 aromatic heterocycles. The number of aromatic amines is 1. The van der Waals surface area contributed by atoms with E-state index in [0.29, 0.717) is 10.6 Å². The van der Waals surface area contributed by atoms with Crippen LogP contribution in [0.15, 0.2) is 84.0 Å². The summed E-state index contributed by atoms with van der Waals surface area (Å²) in [4.78, 5) is 0. The van der Waals surface area contributed by atoms with Crippen molar-refractivity contribution in [3.63, 3.8) is 0 Å². The molecular weight excluding hydrogens is 368 g/mol. The molecule has 0 aliphatic carbocycles. The van der Waals surface area contributed by atoms with Crippen molar-refractivity contribution in [2.75, 3.05) is 7.11 Å². The summed E-state index contributed by atoms with van der Waals surface area (Å²) >= 11 is 5.33. The molecule has 0 saturated heterocycles. The predicted octanol–water partition coefficient (Wildman–Crippen LogP) is 5.17. The SMILES string of the molecule is COc1ccc(-c2n[nH]c(=S)n2/N=C/c2ccc(-c3ccccc3)cc2)cc1. The molecule has 5 nitrogen and oxygen atoms in total. The van der Waals surface area contributed by atoms with E-state index < -0.39 is 0 Å². The van der Waals surface area contributed by atoms with E-state index in [0.717, 1.165) is 22.4 Å². The van der Waals surface area contributed by atoms with E-state index in [2.05, 4.69) is 39.6 Å². The average molecular weight is 386 g/mol. The summed E-state index contributed by atoms with van der Waals surface area (Å²) in [5.41, 5.74) is 4.22. The number of methoxy groups -OCH3 is 1. The maximum Gasteiger partial charge on any atom is 0.216 e. The van der Waals surface area contributed by atoms with Gasteiger partial charge in [-0.3, -0.25) is 0 Å². The van der Waals surface area contributed by atoms with Crippen LogP contribution >= 0.6 is 12.2 Å². The average Bonchev–Trinajstić information content (AvgIpc) is 3.13. The van der Waals surface area contributed by atoms with Crippen LogP contribution in [0.1, 0.15) is 5.56 Å². The van der Waals surface area contributed by atoms with Gasteiger partial charge in [-0.1, -0.05) is 54.6 Å². The van der Waals surface area contributed by atoms with Crippen molar-refractivity contribution < 1.29 is 4.74 Å². The number of rotatable bonds is 5. The van der Waals surface area contributed by atoms with E-state index in [1.165, 1.54) is 5.56 Å². The minimum absolute atomic E-state index is 0.433. The van der Waals surface area contributed by atoms with Gasteiger partial charge in [0.25, 0.3) is 0 Å². The summed E-state index contributed by atoms with van der Waals surface area (Å²) in [6, 6.07) is 26.1. The van der Waals surface area contributed by atoms with Crippen LogP contribution in [-0.2, 0) is 0 Å². The molecule has 0 radical (unpaired) electrons. The molecule has 0 saturated carbocycles. The van der Waals surface area contributed by atoms with Crippen molar-refractivity contribution in [1.29, 1.82) is 0 Å². The number of nitrogens with one attached hydrogen (secondary N) is 1. The lowest BCUT2D eigenvalue weighted by Crippen LogP contribution is -1.95. The molecule has 0 fully saturated rings. The van der Waals surface area contributed by atoms with Crippen LogP contribution < -0.4 is 4.74 Å². The highest BCUT2D eigenvalue weighted by Crippen LogP contribution is 2.21. The Balaban J connectivity index is 1.60. The third-order valence-corrected chi connectivity index (χ3v) is 4.60. The van der Waals surface area contributed by atoms with Crippen molar-refractivity contribution in [1.82, 2.24) is 14.9 Å². The minimum atomic E-state index is 0.433. The topological polar surface area (TPSA) is 55.2 Å². The molecule has 1 heterocycles. The van der Waals surface area contributed by atoms with Gasteiger partial charge in [0.2, 0.25) is 4.77 Å². The van der Waals surface area contributed by atoms with E-state index in [1.807, 2.05) is 54.6 Å². The van der Waals surface area contributed by atoms with Gasteiger partial charge in [0.1, 0.15) is 5.75 Å². The fourth-order valence-corrected chi connectivity index (χ4v) is 3.02. The second kappa shape index (κ2) is 8.02. The Morgan fingerprint density at radius 2 is 1.54 bits per heavy atom. The molecule has 0 bridgehead atoms. The van der Waals surface area contributed by atoms with Crippen LogP contribution in [0.5, 0.6) is 5.75 Å². The summed E-state index contributed by atoms with van der Waals surface area (Å²) < 4.78 is 7.25. The van der Waals surface area contributed by atoms with Crippen LogP contribution in [0.4, 0.5) is 0 Å². The summed E-state index contributed by atoms with van der Waals surface area (Å²) in [5.74, 6) is 1.43. The summed E-state index contributed by atoms with van der Waals surface area (Å²) in [6.45, 7) is 0. The zero-order valence-electron chi connectivity index (χ0n) is 15.2. The zero-order valence-corrected chi connectivity index (χ0v) is 16.1. The molecule has 0 atom stereocenters. The Kier molecular flexibility index (Phi) is 5.12. The first kappa shape index (κ1) is 17.9. The molecule has 3 aromatic carbocycles. The maximum atomic E-state index is 5.33. The first-order valence-corrected chi connectivity index (χ1v) is 9.17. The number of H-pyrrole nitrogens is 1. The quantitative estimate of drug-likeness (QED) is 0.380. The molecule has 0 aliphatic rings. The van der Waals surface area contributed by atoms with Crippen LogP contribution in [0.25, 0.3) is 22.5 Å². The lowest BCUT2D eigenvalue weighted by atomic mass is 10.0. The van der Waals surface area contributed by atoms with E-state index >= 15 is 0 Å². The summed E-state index contributed by atoms with van der Waals surface area (Å²) in [7, 11) is 1.64. The smallest absolute Gasteiger partial charge is 0.216 e. The van der Waals surface area contributed by atoms with E-state index in [-0.39, 0.29) is 0 Å². The molecule has 4 aromatic rings. The molecule has 0 unspecified atom stereocenters. The molecule has 6 heteroatoms. The molecule has 0 amide bonds. The van der Waals surface area contributed by atoms with Crippen LogP contribution in [0.2, 0.25) is 0 Å². The van der Waals surface area contributed by atoms with Crippen LogP contribution in [0.3, 0.4) is 0 Å². The third kappa shape index (κ3) is 3.77. The molecular formula is C22H18N4OS. The Labute approximate surface area is 167 Å². The number of hydrogen-bond acceptors (Lipinski definition) is 4. The lowest BCUT2D eigenvalue weighted by Gasteiger charge is -2.04. The van der Waals surface area contributed by atoms with Gasteiger partial charge in [-0.25, -0.2) is 5.10 Å². The number of ether oxygens (including phenoxy) is 1. The van der Waals surface area contributed by atoms with E-state index in [1.54, 1.807) is 18.0 Å². The standard InChI is InChI=1S/C22H18N4OS/c1-27-20-13-11-19(12-14-20)21-24-25-22(28)26(21)23-15-16-7-9-18(10-8-16)17-5-3-2-4-6-17/h2-15H,1H3,(H,25,28)/b23-15+. The van der Waals surface area contributed by atoms with Crippen LogP contribution in [-0.4, -0.2) is 28.2 Å². The van der Waals surface area contributed by atoms with Crippen molar-refractivity contribution in [3.05, 3.63) is 89.2 Å². The van der Waals surface area contributed by atoms with Gasteiger partial charge in [0, 0.05) is 5.56 Å². The Morgan fingerprint density at radius 1 is 0.893 bits per heavy atom. The molecule has 0 aliphatic heterocycles. The minimum Gasteiger partial charge on any atom is -0.497 e. The lowest BCUT2D eigenvalue weighted by molar-refractivity contribution is 0.415. The normalized spacial score (nSPS) is 11.0. The summed E-state index contributed by atoms with van der Waals surface area (Å²) in [5, 5.41) is 11.6. The molecule has 138 valence electrons. The zero-order chi connectivity index (χ0) is 19.3. The molecule has 1 N–H and O–H groups in total. The third-order valence-electron chi connectivity index (χ3n) is 4.34. The van der Waals surface area contributed by atoms with Gasteiger partial charge < -0.3 is 4.74 Å². The van der Waals surface area contributed by atoms with Gasteiger partial charge in [-0.2, -0.15) is 14.9 Å². The van der Waals surface area contributed by atoms with Crippen molar-refractivity contribution in [2.24, 2.45) is 5.10 Å². The predicted molar refractivity (Wildman–Crippen MR) is 114 cm³/mol. The number of benzene rings is 3. The molecule has 28 heavy (non-hydrogen) atoms. The van der Waals surface area contributed by atoms with Gasteiger partial charge in [0.15, 0.2) is 5.82 Å². The Morgan fingerprint density at radius 3 is 2.21 bits per heavy atom. The molecule has 0 spiro atoms. The monoisotopic (exact) mass is 386 g/mol. The first-order chi connectivity index (χ1) is 13.7. The number of hydrogen-bond donors (Lipinski definition) is 1. The Hall–Kier alpha value is -3.51. The van der Waals surface area contributed by atoms with Crippen molar-refractivity contribution >= 4 is 18.4 Å². The fourth-order valence-electron chi connectivity index (χ4n) is 2.84. The summed E-state index contributed by atoms with van der Waals surface area (Å²) in [6.07, 6.45) is 1.77. The van der Waals surface area contributed by atoms with Gasteiger partial charge in [-0.05, 0) is 53.2 Å². The molecule has 4 rings (SSSR count). The Bertz CT molecular complexity index is 1140. The van der Waals surface area contributed by atoms with Gasteiger partial charge in [-0.15, -0.1) is 0 Å². The highest BCUT2D eigenvalue weighted by Gasteiger charge is 2.08.